The summed E-state index contributed by atoms with van der Waals surface area (Å²) >= 11 is 0. The van der Waals surface area contributed by atoms with Crippen LogP contribution < -0.4 is 11.1 Å². The van der Waals surface area contributed by atoms with Crippen LogP contribution in [0.5, 0.6) is 5.75 Å². The van der Waals surface area contributed by atoms with E-state index in [4.69, 9.17) is 10.5 Å². The number of methoxy groups -OCH3 is 1. The number of phenolic OH excluding ortho intramolecular Hbond substituents is 1. The number of hydrogen-bond acceptors (Lipinski definition) is 4. The molecule has 0 radical (unpaired) electrons. The highest BCUT2D eigenvalue weighted by Gasteiger charge is 2.31. The summed E-state index contributed by atoms with van der Waals surface area (Å²) in [7, 11) is 1.68. The monoisotopic (exact) mass is 264 g/mol. The third kappa shape index (κ3) is 3.68. The van der Waals surface area contributed by atoms with Crippen molar-refractivity contribution in [3.8, 4) is 5.75 Å². The molecular formula is C14H20N2O3. The number of phenols is 1. The van der Waals surface area contributed by atoms with Gasteiger partial charge in [-0.3, -0.25) is 4.79 Å². The Balaban J connectivity index is 1.78. The molecule has 0 heterocycles. The van der Waals surface area contributed by atoms with Gasteiger partial charge in [0.25, 0.3) is 0 Å². The smallest absolute Gasteiger partial charge is 0.237 e. The van der Waals surface area contributed by atoms with Crippen LogP contribution in [0.15, 0.2) is 24.3 Å². The first-order valence-electron chi connectivity index (χ1n) is 6.45. The summed E-state index contributed by atoms with van der Waals surface area (Å²) in [5, 5.41) is 12.1. The molecule has 0 aromatic heterocycles. The zero-order chi connectivity index (χ0) is 13.8. The maximum atomic E-state index is 11.9. The molecule has 0 saturated heterocycles. The van der Waals surface area contributed by atoms with E-state index < -0.39 is 6.04 Å². The quantitative estimate of drug-likeness (QED) is 0.725. The number of amides is 1. The molecule has 1 atom stereocenters. The lowest BCUT2D eigenvalue weighted by Gasteiger charge is -2.35. The zero-order valence-corrected chi connectivity index (χ0v) is 11.0. The maximum absolute atomic E-state index is 11.9. The summed E-state index contributed by atoms with van der Waals surface area (Å²) in [6, 6.07) is 6.35. The van der Waals surface area contributed by atoms with Gasteiger partial charge in [-0.2, -0.15) is 0 Å². The van der Waals surface area contributed by atoms with Crippen LogP contribution in [0, 0.1) is 0 Å². The minimum absolute atomic E-state index is 0.132. The van der Waals surface area contributed by atoms with Crippen molar-refractivity contribution in [2.75, 3.05) is 7.11 Å². The molecule has 104 valence electrons. The number of aromatic hydroxyl groups is 1. The molecule has 1 aliphatic rings. The van der Waals surface area contributed by atoms with Crippen LogP contribution in [0.3, 0.4) is 0 Å². The lowest BCUT2D eigenvalue weighted by atomic mass is 9.89. The maximum Gasteiger partial charge on any atom is 0.237 e. The third-order valence-corrected chi connectivity index (χ3v) is 3.50. The first-order chi connectivity index (χ1) is 9.08. The molecule has 1 amide bonds. The summed E-state index contributed by atoms with van der Waals surface area (Å²) in [4.78, 5) is 11.9. The molecule has 5 heteroatoms. The molecule has 4 N–H and O–H groups in total. The Hall–Kier alpha value is -1.59. The van der Waals surface area contributed by atoms with Crippen LogP contribution in [0.4, 0.5) is 0 Å². The molecule has 1 fully saturated rings. The minimum atomic E-state index is -0.564. The highest BCUT2D eigenvalue weighted by molar-refractivity contribution is 5.82. The molecular weight excluding hydrogens is 244 g/mol. The largest absolute Gasteiger partial charge is 0.508 e. The van der Waals surface area contributed by atoms with Crippen LogP contribution in [0.1, 0.15) is 18.4 Å². The molecule has 1 aliphatic carbocycles. The molecule has 5 nitrogen and oxygen atoms in total. The van der Waals surface area contributed by atoms with E-state index in [-0.39, 0.29) is 23.8 Å². The molecule has 0 unspecified atom stereocenters. The highest BCUT2D eigenvalue weighted by Crippen LogP contribution is 2.22. The predicted octanol–water partition coefficient (Wildman–Crippen LogP) is 0.556. The average molecular weight is 264 g/mol. The van der Waals surface area contributed by atoms with Gasteiger partial charge in [-0.1, -0.05) is 12.1 Å². The number of nitrogens with one attached hydrogen (secondary N) is 1. The second kappa shape index (κ2) is 6.04. The summed E-state index contributed by atoms with van der Waals surface area (Å²) in [6.45, 7) is 0. The lowest BCUT2D eigenvalue weighted by Crippen LogP contribution is -2.52. The fraction of sp³-hybridized carbons (Fsp3) is 0.500. The van der Waals surface area contributed by atoms with E-state index in [0.29, 0.717) is 6.42 Å². The van der Waals surface area contributed by atoms with E-state index in [0.717, 1.165) is 18.4 Å². The molecule has 0 bridgehead atoms. The lowest BCUT2D eigenvalue weighted by molar-refractivity contribution is -0.124. The van der Waals surface area contributed by atoms with Crippen molar-refractivity contribution in [3.05, 3.63) is 29.8 Å². The predicted molar refractivity (Wildman–Crippen MR) is 71.7 cm³/mol. The normalized spacial score (nSPS) is 23.5. The van der Waals surface area contributed by atoms with Gasteiger partial charge in [0.1, 0.15) is 5.75 Å². The minimum Gasteiger partial charge on any atom is -0.508 e. The van der Waals surface area contributed by atoms with Gasteiger partial charge in [0.2, 0.25) is 5.91 Å². The van der Waals surface area contributed by atoms with Crippen molar-refractivity contribution in [3.63, 3.8) is 0 Å². The molecule has 1 aromatic rings. The van der Waals surface area contributed by atoms with Crippen LogP contribution in [0.25, 0.3) is 0 Å². The van der Waals surface area contributed by atoms with Crippen LogP contribution in [-0.2, 0) is 16.0 Å². The van der Waals surface area contributed by atoms with Crippen molar-refractivity contribution >= 4 is 5.91 Å². The zero-order valence-electron chi connectivity index (χ0n) is 11.0. The van der Waals surface area contributed by atoms with Crippen LogP contribution >= 0.6 is 0 Å². The fourth-order valence-electron chi connectivity index (χ4n) is 2.16. The van der Waals surface area contributed by atoms with Crippen molar-refractivity contribution in [1.82, 2.24) is 5.32 Å². The fourth-order valence-corrected chi connectivity index (χ4v) is 2.16. The molecule has 0 spiro atoms. The van der Waals surface area contributed by atoms with Crippen molar-refractivity contribution < 1.29 is 14.6 Å². The van der Waals surface area contributed by atoms with E-state index in [1.54, 1.807) is 31.4 Å². The molecule has 2 rings (SSSR count). The SMILES string of the molecule is COC1CC(NC(=O)[C@@H](N)Cc2ccc(O)cc2)C1. The number of benzene rings is 1. The highest BCUT2D eigenvalue weighted by atomic mass is 16.5. The number of ether oxygens (including phenoxy) is 1. The number of nitrogens with two attached hydrogens (primary N) is 1. The van der Waals surface area contributed by atoms with Gasteiger partial charge < -0.3 is 20.9 Å². The van der Waals surface area contributed by atoms with Gasteiger partial charge in [-0.05, 0) is 37.0 Å². The summed E-state index contributed by atoms with van der Waals surface area (Å²) in [5.74, 6) is 0.0782. The van der Waals surface area contributed by atoms with E-state index in [1.807, 2.05) is 0 Å². The van der Waals surface area contributed by atoms with E-state index in [9.17, 15) is 9.90 Å². The van der Waals surface area contributed by atoms with Crippen LogP contribution in [-0.4, -0.2) is 36.3 Å². The van der Waals surface area contributed by atoms with Gasteiger partial charge in [0, 0.05) is 13.2 Å². The summed E-state index contributed by atoms with van der Waals surface area (Å²) < 4.78 is 5.16. The van der Waals surface area contributed by atoms with Gasteiger partial charge in [-0.15, -0.1) is 0 Å². The van der Waals surface area contributed by atoms with E-state index >= 15 is 0 Å². The van der Waals surface area contributed by atoms with Gasteiger partial charge >= 0.3 is 0 Å². The van der Waals surface area contributed by atoms with Crippen LogP contribution in [0.2, 0.25) is 0 Å². The summed E-state index contributed by atoms with van der Waals surface area (Å²) in [6.07, 6.45) is 2.44. The second-order valence-corrected chi connectivity index (χ2v) is 5.01. The van der Waals surface area contributed by atoms with Gasteiger partial charge in [0.15, 0.2) is 0 Å². The Bertz CT molecular complexity index is 427. The summed E-state index contributed by atoms with van der Waals surface area (Å²) in [5.41, 5.74) is 6.81. The van der Waals surface area contributed by atoms with E-state index in [1.165, 1.54) is 0 Å². The Morgan fingerprint density at radius 1 is 1.47 bits per heavy atom. The Morgan fingerprint density at radius 2 is 2.11 bits per heavy atom. The molecule has 1 saturated carbocycles. The second-order valence-electron chi connectivity index (χ2n) is 5.01. The van der Waals surface area contributed by atoms with Crippen molar-refractivity contribution in [1.29, 1.82) is 0 Å². The number of carbonyl (C=O) groups is 1. The van der Waals surface area contributed by atoms with E-state index in [2.05, 4.69) is 5.32 Å². The number of rotatable bonds is 5. The van der Waals surface area contributed by atoms with Crippen molar-refractivity contribution in [2.45, 2.75) is 37.5 Å². The van der Waals surface area contributed by atoms with Crippen molar-refractivity contribution in [2.24, 2.45) is 5.73 Å². The molecule has 0 aliphatic heterocycles. The Labute approximate surface area is 112 Å². The van der Waals surface area contributed by atoms with Gasteiger partial charge in [-0.25, -0.2) is 0 Å². The third-order valence-electron chi connectivity index (χ3n) is 3.50. The first kappa shape index (κ1) is 13.8. The average Bonchev–Trinajstić information content (AvgIpc) is 2.35. The molecule has 1 aromatic carbocycles. The topological polar surface area (TPSA) is 84.6 Å². The number of hydrogen-bond donors (Lipinski definition) is 3. The van der Waals surface area contributed by atoms with Gasteiger partial charge in [0.05, 0.1) is 12.1 Å². The number of carbonyl (C=O) groups excluding carboxylic acids is 1. The Morgan fingerprint density at radius 3 is 2.68 bits per heavy atom. The Kier molecular flexibility index (Phi) is 4.39. The standard InChI is InChI=1S/C14H20N2O3/c1-19-12-7-10(8-12)16-14(18)13(15)6-9-2-4-11(17)5-3-9/h2-5,10,12-13,17H,6-8,15H2,1H3,(H,16,18)/t10?,12?,13-/m0/s1. The first-order valence-corrected chi connectivity index (χ1v) is 6.45. The molecule has 19 heavy (non-hydrogen) atoms.